The number of fused-ring (bicyclic) bond motifs is 1. The summed E-state index contributed by atoms with van der Waals surface area (Å²) in [5, 5.41) is 0.704. The molecule has 18 heavy (non-hydrogen) atoms. The molecule has 1 aromatic heterocycles. The average Bonchev–Trinajstić information content (AvgIpc) is 2.73. The van der Waals surface area contributed by atoms with Crippen molar-refractivity contribution >= 4 is 32.4 Å². The highest BCUT2D eigenvalue weighted by Gasteiger charge is 2.27. The van der Waals surface area contributed by atoms with E-state index in [1.165, 1.54) is 39.0 Å². The van der Waals surface area contributed by atoms with E-state index < -0.39 is 0 Å². The molecule has 0 radical (unpaired) electrons. The maximum absolute atomic E-state index is 5.86. The van der Waals surface area contributed by atoms with Crippen LogP contribution in [0.5, 0.6) is 0 Å². The van der Waals surface area contributed by atoms with Crippen molar-refractivity contribution in [3.05, 3.63) is 44.4 Å². The van der Waals surface area contributed by atoms with Crippen molar-refractivity contribution in [3.8, 4) is 0 Å². The molecule has 1 aromatic carbocycles. The summed E-state index contributed by atoms with van der Waals surface area (Å²) in [6.07, 6.45) is 3.46. The molecule has 2 aromatic rings. The summed E-state index contributed by atoms with van der Waals surface area (Å²) in [6, 6.07) is 6.49. The van der Waals surface area contributed by atoms with Gasteiger partial charge in [-0.1, -0.05) is 34.1 Å². The van der Waals surface area contributed by atoms with Crippen LogP contribution in [0.2, 0.25) is 0 Å². The van der Waals surface area contributed by atoms with Crippen LogP contribution in [-0.4, -0.2) is 4.98 Å². The standard InChI is InChI=1S/C14H15BrN2S/c1-8-4-2-5-9(12(8)15)10-6-3-7-11-13(10)18-14(16)17-11/h2,4-5,10H,3,6-7H2,1H3,(H2,16,17). The third kappa shape index (κ3) is 1.97. The van der Waals surface area contributed by atoms with Gasteiger partial charge in [-0.15, -0.1) is 11.3 Å². The molecule has 1 aliphatic rings. The maximum Gasteiger partial charge on any atom is 0.180 e. The van der Waals surface area contributed by atoms with Gasteiger partial charge in [0.25, 0.3) is 0 Å². The van der Waals surface area contributed by atoms with Gasteiger partial charge in [-0.3, -0.25) is 0 Å². The number of nitrogens with two attached hydrogens (primary N) is 1. The second-order valence-corrected chi connectivity index (χ2v) is 6.64. The molecule has 2 nitrogen and oxygen atoms in total. The van der Waals surface area contributed by atoms with Gasteiger partial charge < -0.3 is 5.73 Å². The summed E-state index contributed by atoms with van der Waals surface area (Å²) in [4.78, 5) is 5.83. The van der Waals surface area contributed by atoms with Crippen LogP contribution in [0.3, 0.4) is 0 Å². The monoisotopic (exact) mass is 322 g/mol. The van der Waals surface area contributed by atoms with Crippen LogP contribution >= 0.6 is 27.3 Å². The number of halogens is 1. The summed E-state index contributed by atoms with van der Waals surface area (Å²) in [6.45, 7) is 2.14. The first-order chi connectivity index (χ1) is 8.66. The molecule has 0 fully saturated rings. The van der Waals surface area contributed by atoms with Crippen molar-refractivity contribution in [3.63, 3.8) is 0 Å². The Hall–Kier alpha value is -0.870. The van der Waals surface area contributed by atoms with E-state index in [0.29, 0.717) is 11.0 Å². The topological polar surface area (TPSA) is 38.9 Å². The fourth-order valence-corrected chi connectivity index (χ4v) is 4.25. The lowest BCUT2D eigenvalue weighted by Gasteiger charge is -2.23. The van der Waals surface area contributed by atoms with Crippen LogP contribution in [0.4, 0.5) is 5.13 Å². The lowest BCUT2D eigenvalue weighted by atomic mass is 9.86. The molecule has 1 aliphatic carbocycles. The zero-order valence-electron chi connectivity index (χ0n) is 10.2. The van der Waals surface area contributed by atoms with Crippen molar-refractivity contribution < 1.29 is 0 Å². The molecule has 0 spiro atoms. The molecular weight excluding hydrogens is 308 g/mol. The number of rotatable bonds is 1. The molecule has 0 aliphatic heterocycles. The first-order valence-corrected chi connectivity index (χ1v) is 7.78. The molecule has 0 amide bonds. The fourth-order valence-electron chi connectivity index (χ4n) is 2.67. The number of hydrogen-bond acceptors (Lipinski definition) is 3. The molecule has 0 bridgehead atoms. The summed E-state index contributed by atoms with van der Waals surface area (Å²) in [5.74, 6) is 0.456. The Balaban J connectivity index is 2.11. The normalized spacial score (nSPS) is 18.7. The van der Waals surface area contributed by atoms with Crippen molar-refractivity contribution in [2.75, 3.05) is 5.73 Å². The van der Waals surface area contributed by atoms with E-state index in [9.17, 15) is 0 Å². The third-order valence-electron chi connectivity index (χ3n) is 3.56. The number of thiazole rings is 1. The predicted octanol–water partition coefficient (Wildman–Crippen LogP) is 4.26. The Bertz CT molecular complexity index is 591. The Kier molecular flexibility index (Phi) is 3.16. The SMILES string of the molecule is Cc1cccc(C2CCCc3nc(N)sc32)c1Br. The van der Waals surface area contributed by atoms with Crippen molar-refractivity contribution in [2.45, 2.75) is 32.1 Å². The zero-order chi connectivity index (χ0) is 12.7. The van der Waals surface area contributed by atoms with Crippen molar-refractivity contribution in [1.29, 1.82) is 0 Å². The van der Waals surface area contributed by atoms with Crippen LogP contribution in [0.1, 0.15) is 40.5 Å². The second kappa shape index (κ2) is 4.67. The molecule has 0 saturated carbocycles. The van der Waals surface area contributed by atoms with Gasteiger partial charge in [-0.05, 0) is 37.3 Å². The Labute approximate surface area is 119 Å². The lowest BCUT2D eigenvalue weighted by Crippen LogP contribution is -2.09. The van der Waals surface area contributed by atoms with E-state index in [-0.39, 0.29) is 0 Å². The van der Waals surface area contributed by atoms with Crippen LogP contribution in [0, 0.1) is 6.92 Å². The quantitative estimate of drug-likeness (QED) is 0.851. The number of aryl methyl sites for hydroxylation is 2. The van der Waals surface area contributed by atoms with Gasteiger partial charge in [0.2, 0.25) is 0 Å². The Morgan fingerprint density at radius 1 is 1.44 bits per heavy atom. The fraction of sp³-hybridized carbons (Fsp3) is 0.357. The summed E-state index contributed by atoms with van der Waals surface area (Å²) in [7, 11) is 0. The van der Waals surface area contributed by atoms with Crippen LogP contribution in [-0.2, 0) is 6.42 Å². The first kappa shape index (κ1) is 12.2. The van der Waals surface area contributed by atoms with Crippen LogP contribution in [0.25, 0.3) is 0 Å². The minimum atomic E-state index is 0.456. The van der Waals surface area contributed by atoms with E-state index in [2.05, 4.69) is 46.0 Å². The largest absolute Gasteiger partial charge is 0.375 e. The molecule has 94 valence electrons. The molecule has 0 saturated heterocycles. The first-order valence-electron chi connectivity index (χ1n) is 6.17. The number of hydrogen-bond donors (Lipinski definition) is 1. The number of nitrogens with zero attached hydrogens (tertiary/aromatic N) is 1. The van der Waals surface area contributed by atoms with Crippen molar-refractivity contribution in [2.24, 2.45) is 0 Å². The van der Waals surface area contributed by atoms with Gasteiger partial charge in [0.1, 0.15) is 0 Å². The minimum Gasteiger partial charge on any atom is -0.375 e. The van der Waals surface area contributed by atoms with E-state index in [1.807, 2.05) is 0 Å². The van der Waals surface area contributed by atoms with Gasteiger partial charge in [0.05, 0.1) is 5.69 Å². The number of benzene rings is 1. The Morgan fingerprint density at radius 3 is 3.11 bits per heavy atom. The summed E-state index contributed by atoms with van der Waals surface area (Å²) >= 11 is 5.38. The maximum atomic E-state index is 5.86. The highest BCUT2D eigenvalue weighted by atomic mass is 79.9. The molecule has 2 N–H and O–H groups in total. The van der Waals surface area contributed by atoms with Gasteiger partial charge in [-0.25, -0.2) is 4.98 Å². The molecule has 1 heterocycles. The molecule has 1 unspecified atom stereocenters. The average molecular weight is 323 g/mol. The lowest BCUT2D eigenvalue weighted by molar-refractivity contribution is 0.615. The number of anilines is 1. The molecular formula is C14H15BrN2S. The van der Waals surface area contributed by atoms with E-state index >= 15 is 0 Å². The minimum absolute atomic E-state index is 0.456. The van der Waals surface area contributed by atoms with Crippen LogP contribution < -0.4 is 5.73 Å². The van der Waals surface area contributed by atoms with Crippen LogP contribution in [0.15, 0.2) is 22.7 Å². The van der Waals surface area contributed by atoms with Crippen molar-refractivity contribution in [1.82, 2.24) is 4.98 Å². The number of aromatic nitrogens is 1. The second-order valence-electron chi connectivity index (χ2n) is 4.79. The highest BCUT2D eigenvalue weighted by Crippen LogP contribution is 2.43. The number of nitrogen functional groups attached to an aromatic ring is 1. The van der Waals surface area contributed by atoms with E-state index in [0.717, 1.165) is 6.42 Å². The summed E-state index contributed by atoms with van der Waals surface area (Å²) < 4.78 is 1.23. The van der Waals surface area contributed by atoms with Gasteiger partial charge in [0, 0.05) is 15.3 Å². The smallest absolute Gasteiger partial charge is 0.180 e. The molecule has 1 atom stereocenters. The van der Waals surface area contributed by atoms with Gasteiger partial charge in [-0.2, -0.15) is 0 Å². The zero-order valence-corrected chi connectivity index (χ0v) is 12.6. The predicted molar refractivity (Wildman–Crippen MR) is 80.2 cm³/mol. The van der Waals surface area contributed by atoms with Gasteiger partial charge >= 0.3 is 0 Å². The molecule has 3 rings (SSSR count). The van der Waals surface area contributed by atoms with E-state index in [1.54, 1.807) is 11.3 Å². The summed E-state index contributed by atoms with van der Waals surface area (Å²) in [5.41, 5.74) is 9.74. The highest BCUT2D eigenvalue weighted by molar-refractivity contribution is 9.10. The third-order valence-corrected chi connectivity index (χ3v) is 5.69. The van der Waals surface area contributed by atoms with E-state index in [4.69, 9.17) is 5.73 Å². The Morgan fingerprint density at radius 2 is 2.28 bits per heavy atom. The van der Waals surface area contributed by atoms with Gasteiger partial charge in [0.15, 0.2) is 5.13 Å². The molecule has 4 heteroatoms.